The Morgan fingerprint density at radius 3 is 3.05 bits per heavy atom. The quantitative estimate of drug-likeness (QED) is 0.918. The minimum absolute atomic E-state index is 0.722. The second-order valence-corrected chi connectivity index (χ2v) is 7.34. The number of rotatable bonds is 2. The third-order valence-electron chi connectivity index (χ3n) is 6.54. The molecule has 3 heteroatoms. The Kier molecular flexibility index (Phi) is 2.67. The molecule has 0 amide bonds. The lowest BCUT2D eigenvalue weighted by Gasteiger charge is -2.31. The van der Waals surface area contributed by atoms with Crippen molar-refractivity contribution in [3.63, 3.8) is 0 Å². The molecule has 116 valence electrons. The molecule has 4 atom stereocenters. The number of aromatic amines is 1. The molecule has 3 heterocycles. The molecule has 2 bridgehead atoms. The molecule has 1 aromatic carbocycles. The van der Waals surface area contributed by atoms with Crippen molar-refractivity contribution in [3.05, 3.63) is 29.5 Å². The Bertz CT molecular complexity index is 734. The van der Waals surface area contributed by atoms with Gasteiger partial charge in [0.05, 0.1) is 7.11 Å². The lowest BCUT2D eigenvalue weighted by molar-refractivity contribution is 0.193. The fourth-order valence-corrected chi connectivity index (χ4v) is 5.70. The summed E-state index contributed by atoms with van der Waals surface area (Å²) in [6.45, 7) is 4.95. The van der Waals surface area contributed by atoms with E-state index in [9.17, 15) is 0 Å². The van der Waals surface area contributed by atoms with Crippen molar-refractivity contribution in [1.82, 2.24) is 9.88 Å². The summed E-state index contributed by atoms with van der Waals surface area (Å²) >= 11 is 0. The number of hydrogen-bond donors (Lipinski definition) is 1. The number of nitrogens with zero attached hydrogens (tertiary/aromatic N) is 1. The van der Waals surface area contributed by atoms with Crippen molar-refractivity contribution >= 4 is 10.9 Å². The molecule has 22 heavy (non-hydrogen) atoms. The normalized spacial score (nSPS) is 33.2. The van der Waals surface area contributed by atoms with Gasteiger partial charge in [0.15, 0.2) is 0 Å². The number of aromatic nitrogens is 1. The SMILES string of the molecule is CC[C@H]1[C@@H]2C[C@H]3c4[nH]c5ccc(OC)cc5c4CCN(C2)[C@@H]13. The molecule has 1 aliphatic carbocycles. The van der Waals surface area contributed by atoms with Gasteiger partial charge in [0, 0.05) is 41.6 Å². The molecule has 3 nitrogen and oxygen atoms in total. The number of piperidine rings is 1. The average Bonchev–Trinajstić information content (AvgIpc) is 3.18. The monoisotopic (exact) mass is 296 g/mol. The van der Waals surface area contributed by atoms with Gasteiger partial charge in [-0.05, 0) is 48.4 Å². The highest BCUT2D eigenvalue weighted by Gasteiger charge is 2.53. The van der Waals surface area contributed by atoms with Crippen molar-refractivity contribution < 1.29 is 4.74 Å². The van der Waals surface area contributed by atoms with Gasteiger partial charge in [0.2, 0.25) is 0 Å². The zero-order valence-corrected chi connectivity index (χ0v) is 13.4. The zero-order chi connectivity index (χ0) is 14.8. The topological polar surface area (TPSA) is 28.3 Å². The van der Waals surface area contributed by atoms with E-state index in [1.807, 2.05) is 0 Å². The van der Waals surface area contributed by atoms with Crippen LogP contribution >= 0.6 is 0 Å². The minimum Gasteiger partial charge on any atom is -0.497 e. The standard InChI is InChI=1S/C19H24N2O/c1-3-13-11-8-16-18-14(6-7-21(10-11)19(13)16)15-9-12(22-2)4-5-17(15)20-18/h4-5,9,11,13,16,19-20H,3,6-8,10H2,1-2H3/t11-,13+,16+,19+/m1/s1. The Balaban J connectivity index is 1.67. The Morgan fingerprint density at radius 1 is 1.36 bits per heavy atom. The molecule has 1 aromatic heterocycles. The first-order valence-corrected chi connectivity index (χ1v) is 8.72. The van der Waals surface area contributed by atoms with Crippen LogP contribution in [0.3, 0.4) is 0 Å². The van der Waals surface area contributed by atoms with E-state index < -0.39 is 0 Å². The van der Waals surface area contributed by atoms with Gasteiger partial charge < -0.3 is 9.72 Å². The van der Waals surface area contributed by atoms with Crippen LogP contribution in [0.4, 0.5) is 0 Å². The summed E-state index contributed by atoms with van der Waals surface area (Å²) in [6, 6.07) is 7.26. The summed E-state index contributed by atoms with van der Waals surface area (Å²) in [5.74, 6) is 3.53. The van der Waals surface area contributed by atoms with Crippen LogP contribution in [0.1, 0.15) is 36.9 Å². The van der Waals surface area contributed by atoms with Crippen LogP contribution in [0.5, 0.6) is 5.75 Å². The Labute approximate surface area is 131 Å². The predicted molar refractivity (Wildman–Crippen MR) is 88.5 cm³/mol. The van der Waals surface area contributed by atoms with Crippen molar-refractivity contribution in [3.8, 4) is 5.75 Å². The van der Waals surface area contributed by atoms with Gasteiger partial charge in [-0.25, -0.2) is 0 Å². The summed E-state index contributed by atoms with van der Waals surface area (Å²) < 4.78 is 5.44. The fourth-order valence-electron chi connectivity index (χ4n) is 5.70. The summed E-state index contributed by atoms with van der Waals surface area (Å²) in [5, 5.41) is 1.38. The van der Waals surface area contributed by atoms with Crippen LogP contribution in [0, 0.1) is 11.8 Å². The van der Waals surface area contributed by atoms with E-state index in [1.165, 1.54) is 48.9 Å². The first kappa shape index (κ1) is 13.0. The molecule has 2 aliphatic heterocycles. The second kappa shape index (κ2) is 4.51. The first-order valence-electron chi connectivity index (χ1n) is 8.72. The van der Waals surface area contributed by atoms with E-state index in [0.717, 1.165) is 29.5 Å². The smallest absolute Gasteiger partial charge is 0.119 e. The summed E-state index contributed by atoms with van der Waals surface area (Å²) in [7, 11) is 1.76. The zero-order valence-electron chi connectivity index (χ0n) is 13.4. The summed E-state index contributed by atoms with van der Waals surface area (Å²) in [4.78, 5) is 6.57. The molecule has 3 aliphatic rings. The van der Waals surface area contributed by atoms with Crippen LogP contribution < -0.4 is 4.74 Å². The van der Waals surface area contributed by atoms with Gasteiger partial charge in [0.1, 0.15) is 5.75 Å². The van der Waals surface area contributed by atoms with Gasteiger partial charge in [-0.15, -0.1) is 0 Å². The third-order valence-corrected chi connectivity index (χ3v) is 6.54. The number of H-pyrrole nitrogens is 1. The maximum atomic E-state index is 5.44. The molecule has 1 saturated heterocycles. The lowest BCUT2D eigenvalue weighted by Crippen LogP contribution is -2.37. The number of ether oxygens (including phenoxy) is 1. The summed E-state index contributed by atoms with van der Waals surface area (Å²) in [5.41, 5.74) is 4.38. The molecule has 0 radical (unpaired) electrons. The van der Waals surface area contributed by atoms with Crippen LogP contribution in [-0.2, 0) is 6.42 Å². The van der Waals surface area contributed by atoms with Crippen LogP contribution in [0.15, 0.2) is 18.2 Å². The Hall–Kier alpha value is -1.48. The fraction of sp³-hybridized carbons (Fsp3) is 0.579. The molecule has 5 rings (SSSR count). The highest BCUT2D eigenvalue weighted by molar-refractivity contribution is 5.86. The number of benzene rings is 1. The van der Waals surface area contributed by atoms with Crippen LogP contribution in [-0.4, -0.2) is 36.1 Å². The van der Waals surface area contributed by atoms with E-state index in [2.05, 4.69) is 35.0 Å². The van der Waals surface area contributed by atoms with Crippen molar-refractivity contribution in [2.45, 2.75) is 38.1 Å². The van der Waals surface area contributed by atoms with E-state index in [4.69, 9.17) is 4.74 Å². The average molecular weight is 296 g/mol. The van der Waals surface area contributed by atoms with Crippen molar-refractivity contribution in [1.29, 1.82) is 0 Å². The van der Waals surface area contributed by atoms with Crippen molar-refractivity contribution in [2.24, 2.45) is 11.8 Å². The minimum atomic E-state index is 0.722. The van der Waals surface area contributed by atoms with Gasteiger partial charge in [-0.2, -0.15) is 0 Å². The molecule has 2 fully saturated rings. The van der Waals surface area contributed by atoms with Gasteiger partial charge >= 0.3 is 0 Å². The van der Waals surface area contributed by atoms with Crippen molar-refractivity contribution in [2.75, 3.05) is 20.2 Å². The van der Waals surface area contributed by atoms with E-state index >= 15 is 0 Å². The van der Waals surface area contributed by atoms with Gasteiger partial charge in [0.25, 0.3) is 0 Å². The highest BCUT2D eigenvalue weighted by atomic mass is 16.5. The first-order chi connectivity index (χ1) is 10.8. The largest absolute Gasteiger partial charge is 0.497 e. The maximum absolute atomic E-state index is 5.44. The van der Waals surface area contributed by atoms with Gasteiger partial charge in [-0.3, -0.25) is 4.90 Å². The molecule has 0 unspecified atom stereocenters. The van der Waals surface area contributed by atoms with Crippen LogP contribution in [0.2, 0.25) is 0 Å². The molecule has 1 saturated carbocycles. The van der Waals surface area contributed by atoms with Gasteiger partial charge in [-0.1, -0.05) is 13.3 Å². The number of methoxy groups -OCH3 is 1. The molecule has 2 aromatic rings. The second-order valence-electron chi connectivity index (χ2n) is 7.34. The Morgan fingerprint density at radius 2 is 2.27 bits per heavy atom. The van der Waals surface area contributed by atoms with E-state index in [0.29, 0.717) is 0 Å². The molecular weight excluding hydrogens is 272 g/mol. The highest BCUT2D eigenvalue weighted by Crippen LogP contribution is 2.54. The molecular formula is C19H24N2O. The van der Waals surface area contributed by atoms with E-state index in [1.54, 1.807) is 12.7 Å². The molecule has 0 spiro atoms. The lowest BCUT2D eigenvalue weighted by atomic mass is 9.92. The number of fused-ring (bicyclic) bond motifs is 5. The number of hydrogen-bond acceptors (Lipinski definition) is 2. The maximum Gasteiger partial charge on any atom is 0.119 e. The van der Waals surface area contributed by atoms with Crippen LogP contribution in [0.25, 0.3) is 10.9 Å². The summed E-state index contributed by atoms with van der Waals surface area (Å²) in [6.07, 6.45) is 3.90. The number of nitrogens with one attached hydrogen (secondary N) is 1. The molecule has 1 N–H and O–H groups in total. The van der Waals surface area contributed by atoms with E-state index in [-0.39, 0.29) is 0 Å². The predicted octanol–water partition coefficient (Wildman–Crippen LogP) is 3.55. The third kappa shape index (κ3) is 1.55.